The standard InChI is InChI=1S/C26H20BrFO8/c27-26(36-24(31)19-14-8-3-9-15-19)25(28,32)21(34-23(30)18-12-6-2-7-13-18)20(35-26)16-33-22(29)17-10-4-1-5-11-17/h1-15,20-21,32H,16H2/t20-,21-,25+,26?/m1/s1/i28-1. The van der Waals surface area contributed by atoms with Gasteiger partial charge in [-0.05, 0) is 36.4 Å². The summed E-state index contributed by atoms with van der Waals surface area (Å²) < 4.78 is 34.2. The maximum atomic E-state index is 15.9. The number of carbonyl (C=O) groups excluding carboxylic acids is 3. The van der Waals surface area contributed by atoms with Crippen LogP contribution in [0.3, 0.4) is 0 Å². The van der Waals surface area contributed by atoms with Crippen LogP contribution in [-0.4, -0.2) is 52.4 Å². The van der Waals surface area contributed by atoms with Gasteiger partial charge in [0.2, 0.25) is 0 Å². The van der Waals surface area contributed by atoms with E-state index in [9.17, 15) is 19.5 Å². The molecule has 4 atom stereocenters. The number of hydrogen-bond donors (Lipinski definition) is 1. The van der Waals surface area contributed by atoms with Crippen molar-refractivity contribution in [2.75, 3.05) is 6.61 Å². The van der Waals surface area contributed by atoms with Gasteiger partial charge in [0.1, 0.15) is 12.7 Å². The second-order valence-electron chi connectivity index (χ2n) is 7.78. The van der Waals surface area contributed by atoms with Crippen molar-refractivity contribution in [1.29, 1.82) is 0 Å². The molecular weight excluding hydrogens is 538 g/mol. The maximum Gasteiger partial charge on any atom is 0.341 e. The number of halogens is 2. The van der Waals surface area contributed by atoms with E-state index in [1.54, 1.807) is 54.6 Å². The van der Waals surface area contributed by atoms with E-state index < -0.39 is 47.3 Å². The van der Waals surface area contributed by atoms with Crippen molar-refractivity contribution in [2.45, 2.75) is 22.8 Å². The van der Waals surface area contributed by atoms with Crippen molar-refractivity contribution in [3.8, 4) is 0 Å². The van der Waals surface area contributed by atoms with Crippen molar-refractivity contribution in [3.05, 3.63) is 108 Å². The maximum absolute atomic E-state index is 15.9. The van der Waals surface area contributed by atoms with E-state index in [-0.39, 0.29) is 16.7 Å². The molecule has 0 aliphatic carbocycles. The lowest BCUT2D eigenvalue weighted by Crippen LogP contribution is -2.53. The molecule has 0 spiro atoms. The van der Waals surface area contributed by atoms with Gasteiger partial charge in [-0.2, -0.15) is 4.39 Å². The van der Waals surface area contributed by atoms with Crippen LogP contribution in [0.25, 0.3) is 0 Å². The van der Waals surface area contributed by atoms with Gasteiger partial charge < -0.3 is 24.1 Å². The van der Waals surface area contributed by atoms with Gasteiger partial charge in [0, 0.05) is 15.9 Å². The Morgan fingerprint density at radius 1 is 0.806 bits per heavy atom. The van der Waals surface area contributed by atoms with Gasteiger partial charge in [0.15, 0.2) is 6.10 Å². The van der Waals surface area contributed by atoms with E-state index >= 15 is 4.39 Å². The molecule has 0 aromatic heterocycles. The number of esters is 3. The second-order valence-corrected chi connectivity index (χ2v) is 8.82. The van der Waals surface area contributed by atoms with E-state index in [1.165, 1.54) is 36.4 Å². The SMILES string of the molecule is O=C(OC[C@H]1OC(Br)(OC(=O)c2ccccc2)[C@](O)([18F])[C@@H]1OC(=O)c1ccccc1)c1ccccc1. The highest BCUT2D eigenvalue weighted by Crippen LogP contribution is 2.48. The van der Waals surface area contributed by atoms with Crippen LogP contribution >= 0.6 is 15.9 Å². The van der Waals surface area contributed by atoms with Crippen LogP contribution in [0.15, 0.2) is 91.0 Å². The molecule has 1 aliphatic rings. The van der Waals surface area contributed by atoms with Crippen molar-refractivity contribution < 1.29 is 42.8 Å². The van der Waals surface area contributed by atoms with E-state index in [4.69, 9.17) is 18.9 Å². The molecule has 36 heavy (non-hydrogen) atoms. The Bertz CT molecular complexity index is 1220. The van der Waals surface area contributed by atoms with Gasteiger partial charge in [-0.15, -0.1) is 0 Å². The van der Waals surface area contributed by atoms with Crippen LogP contribution in [-0.2, 0) is 18.9 Å². The minimum atomic E-state index is -3.58. The number of alkyl halides is 2. The Hall–Kier alpha value is -3.60. The van der Waals surface area contributed by atoms with E-state index in [0.29, 0.717) is 0 Å². The first-order chi connectivity index (χ1) is 17.2. The van der Waals surface area contributed by atoms with Crippen molar-refractivity contribution in [1.82, 2.24) is 0 Å². The highest BCUT2D eigenvalue weighted by molar-refractivity contribution is 9.10. The van der Waals surface area contributed by atoms with Crippen LogP contribution in [0.4, 0.5) is 4.39 Å². The highest BCUT2D eigenvalue weighted by atomic mass is 79.9. The molecule has 186 valence electrons. The first-order valence-electron chi connectivity index (χ1n) is 10.8. The van der Waals surface area contributed by atoms with E-state index in [0.717, 1.165) is 0 Å². The summed E-state index contributed by atoms with van der Waals surface area (Å²) in [7, 11) is 0. The first-order valence-corrected chi connectivity index (χ1v) is 11.5. The molecular formula is C26H20BrFO8. The lowest BCUT2D eigenvalue weighted by atomic mass is 10.1. The Balaban J connectivity index is 1.58. The topological polar surface area (TPSA) is 108 Å². The average molecular weight is 558 g/mol. The molecule has 1 heterocycles. The lowest BCUT2D eigenvalue weighted by molar-refractivity contribution is -0.256. The molecule has 3 aromatic carbocycles. The summed E-state index contributed by atoms with van der Waals surface area (Å²) in [6, 6.07) is 23.2. The highest BCUT2D eigenvalue weighted by Gasteiger charge is 2.71. The van der Waals surface area contributed by atoms with Crippen molar-refractivity contribution in [3.63, 3.8) is 0 Å². The fourth-order valence-electron chi connectivity index (χ4n) is 3.45. The molecule has 3 aromatic rings. The van der Waals surface area contributed by atoms with E-state index in [2.05, 4.69) is 15.9 Å². The van der Waals surface area contributed by atoms with Gasteiger partial charge in [0.05, 0.1) is 16.7 Å². The molecule has 1 aliphatic heterocycles. The molecule has 1 unspecified atom stereocenters. The number of hydrogen-bond acceptors (Lipinski definition) is 8. The number of rotatable bonds is 7. The van der Waals surface area contributed by atoms with Gasteiger partial charge in [-0.3, -0.25) is 0 Å². The van der Waals surface area contributed by atoms with E-state index in [1.807, 2.05) is 0 Å². The normalized spacial score (nSPS) is 25.1. The smallest absolute Gasteiger partial charge is 0.341 e. The Labute approximate surface area is 213 Å². The quantitative estimate of drug-likeness (QED) is 0.263. The van der Waals surface area contributed by atoms with Crippen LogP contribution in [0.1, 0.15) is 31.1 Å². The van der Waals surface area contributed by atoms with Crippen LogP contribution in [0.2, 0.25) is 0 Å². The van der Waals surface area contributed by atoms with Crippen molar-refractivity contribution >= 4 is 33.8 Å². The summed E-state index contributed by atoms with van der Waals surface area (Å²) in [5.41, 5.74) is 0.332. The summed E-state index contributed by atoms with van der Waals surface area (Å²) in [5.74, 6) is -6.35. The fraction of sp³-hybridized carbons (Fsp3) is 0.192. The summed E-state index contributed by atoms with van der Waals surface area (Å²) in [6.45, 7) is -0.636. The minimum Gasteiger partial charge on any atom is -0.459 e. The Morgan fingerprint density at radius 3 is 1.75 bits per heavy atom. The predicted octanol–water partition coefficient (Wildman–Crippen LogP) is 4.03. The summed E-state index contributed by atoms with van der Waals surface area (Å²) >= 11 is 2.82. The molecule has 0 amide bonds. The third-order valence-electron chi connectivity index (χ3n) is 5.30. The van der Waals surface area contributed by atoms with Gasteiger partial charge in [-0.25, -0.2) is 14.4 Å². The number of carbonyl (C=O) groups is 3. The molecule has 1 fully saturated rings. The van der Waals surface area contributed by atoms with Crippen LogP contribution in [0, 0.1) is 0 Å². The summed E-state index contributed by atoms with van der Waals surface area (Å²) in [4.78, 5) is 37.7. The van der Waals surface area contributed by atoms with Crippen LogP contribution < -0.4 is 0 Å². The number of aliphatic hydroxyl groups is 1. The number of benzene rings is 3. The average Bonchev–Trinajstić information content (AvgIpc) is 3.08. The third-order valence-corrected chi connectivity index (χ3v) is 6.21. The Kier molecular flexibility index (Phi) is 7.48. The molecule has 0 saturated carbocycles. The number of ether oxygens (including phenoxy) is 4. The van der Waals surface area contributed by atoms with Crippen molar-refractivity contribution in [2.24, 2.45) is 0 Å². The molecule has 1 N–H and O–H groups in total. The molecule has 4 rings (SSSR count). The third kappa shape index (κ3) is 5.30. The van der Waals surface area contributed by atoms with Gasteiger partial charge in [-0.1, -0.05) is 54.6 Å². The zero-order valence-corrected chi connectivity index (χ0v) is 20.2. The van der Waals surface area contributed by atoms with Gasteiger partial charge >= 0.3 is 28.5 Å². The second kappa shape index (κ2) is 10.6. The Morgan fingerprint density at radius 2 is 1.25 bits per heavy atom. The minimum absolute atomic E-state index is 0.0486. The summed E-state index contributed by atoms with van der Waals surface area (Å²) in [6.07, 6.45) is -3.60. The van der Waals surface area contributed by atoms with Gasteiger partial charge in [0.25, 0.3) is 0 Å². The molecule has 10 heteroatoms. The zero-order chi connectivity index (χ0) is 25.8. The predicted molar refractivity (Wildman–Crippen MR) is 127 cm³/mol. The largest absolute Gasteiger partial charge is 0.459 e. The van der Waals surface area contributed by atoms with Crippen LogP contribution in [0.5, 0.6) is 0 Å². The molecule has 0 radical (unpaired) electrons. The fourth-order valence-corrected chi connectivity index (χ4v) is 4.06. The molecule has 1 saturated heterocycles. The zero-order valence-electron chi connectivity index (χ0n) is 18.6. The summed E-state index contributed by atoms with van der Waals surface area (Å²) in [5, 5.41) is 10.8. The molecule has 8 nitrogen and oxygen atoms in total. The molecule has 0 bridgehead atoms. The lowest BCUT2D eigenvalue weighted by Gasteiger charge is -2.30. The first kappa shape index (κ1) is 25.5. The monoisotopic (exact) mass is 557 g/mol.